The summed E-state index contributed by atoms with van der Waals surface area (Å²) in [5.74, 6) is 0.00162. The van der Waals surface area contributed by atoms with Gasteiger partial charge in [-0.25, -0.2) is 0 Å². The summed E-state index contributed by atoms with van der Waals surface area (Å²) in [4.78, 5) is 10.4. The number of hydrogen-bond donors (Lipinski definition) is 1. The predicted octanol–water partition coefficient (Wildman–Crippen LogP) is 2.22. The standard InChI is InChI=1S/C6H13NOS2/c1-5(8)7-10-9-6(2,3)4/h1-4H3,(H,7,8). The smallest absolute Gasteiger partial charge is 0.227 e. The number of hydrogen-bond acceptors (Lipinski definition) is 3. The van der Waals surface area contributed by atoms with Crippen molar-refractivity contribution in [2.75, 3.05) is 0 Å². The highest BCUT2D eigenvalue weighted by Crippen LogP contribution is 2.32. The lowest BCUT2D eigenvalue weighted by atomic mass is 10.3. The quantitative estimate of drug-likeness (QED) is 0.520. The Kier molecular flexibility index (Phi) is 4.20. The van der Waals surface area contributed by atoms with Crippen molar-refractivity contribution in [2.45, 2.75) is 32.4 Å². The highest BCUT2D eigenvalue weighted by molar-refractivity contribution is 8.76. The lowest BCUT2D eigenvalue weighted by molar-refractivity contribution is -0.117. The van der Waals surface area contributed by atoms with E-state index in [-0.39, 0.29) is 10.7 Å². The number of carbonyl (C=O) groups is 1. The molecule has 0 saturated carbocycles. The van der Waals surface area contributed by atoms with E-state index in [9.17, 15) is 4.79 Å². The van der Waals surface area contributed by atoms with E-state index in [1.807, 2.05) is 0 Å². The minimum Gasteiger partial charge on any atom is -0.291 e. The SMILES string of the molecule is CC(=O)NSSC(C)(C)C. The van der Waals surface area contributed by atoms with Crippen molar-refractivity contribution in [1.82, 2.24) is 4.72 Å². The normalized spacial score (nSPS) is 11.2. The Morgan fingerprint density at radius 1 is 1.40 bits per heavy atom. The molecule has 0 aliphatic carbocycles. The molecule has 0 unspecified atom stereocenters. The van der Waals surface area contributed by atoms with Crippen LogP contribution in [0.5, 0.6) is 0 Å². The van der Waals surface area contributed by atoms with E-state index in [4.69, 9.17) is 0 Å². The van der Waals surface area contributed by atoms with Crippen LogP contribution < -0.4 is 4.72 Å². The third-order valence-corrected chi connectivity index (χ3v) is 3.43. The van der Waals surface area contributed by atoms with Gasteiger partial charge in [-0.15, -0.1) is 0 Å². The van der Waals surface area contributed by atoms with Gasteiger partial charge in [0.1, 0.15) is 0 Å². The van der Waals surface area contributed by atoms with Gasteiger partial charge in [-0.05, 0) is 0 Å². The molecule has 2 nitrogen and oxygen atoms in total. The second-order valence-corrected chi connectivity index (χ2v) is 5.70. The molecular weight excluding hydrogens is 166 g/mol. The van der Waals surface area contributed by atoms with E-state index in [2.05, 4.69) is 25.5 Å². The molecule has 0 fully saturated rings. The Bertz CT molecular complexity index is 119. The minimum atomic E-state index is 0.00162. The van der Waals surface area contributed by atoms with Crippen molar-refractivity contribution in [3.63, 3.8) is 0 Å². The van der Waals surface area contributed by atoms with Crippen molar-refractivity contribution in [3.05, 3.63) is 0 Å². The third-order valence-electron chi connectivity index (χ3n) is 0.477. The van der Waals surface area contributed by atoms with Crippen molar-refractivity contribution in [1.29, 1.82) is 0 Å². The zero-order valence-electron chi connectivity index (χ0n) is 6.72. The van der Waals surface area contributed by atoms with Crippen LogP contribution >= 0.6 is 21.8 Å². The van der Waals surface area contributed by atoms with Crippen LogP contribution in [-0.4, -0.2) is 10.7 Å². The monoisotopic (exact) mass is 179 g/mol. The average molecular weight is 179 g/mol. The van der Waals surface area contributed by atoms with Crippen LogP contribution in [0.2, 0.25) is 0 Å². The van der Waals surface area contributed by atoms with Crippen LogP contribution in [0.4, 0.5) is 0 Å². The van der Waals surface area contributed by atoms with E-state index in [1.165, 1.54) is 17.9 Å². The predicted molar refractivity (Wildman–Crippen MR) is 48.8 cm³/mol. The first kappa shape index (κ1) is 10.2. The Morgan fingerprint density at radius 3 is 2.20 bits per heavy atom. The van der Waals surface area contributed by atoms with Gasteiger partial charge < -0.3 is 0 Å². The van der Waals surface area contributed by atoms with Gasteiger partial charge in [0, 0.05) is 22.7 Å². The van der Waals surface area contributed by atoms with Crippen LogP contribution in [0.3, 0.4) is 0 Å². The van der Waals surface area contributed by atoms with Crippen LogP contribution in [0.25, 0.3) is 0 Å². The molecule has 0 radical (unpaired) electrons. The Morgan fingerprint density at radius 2 is 1.90 bits per heavy atom. The van der Waals surface area contributed by atoms with Gasteiger partial charge in [-0.2, -0.15) is 0 Å². The lowest BCUT2D eigenvalue weighted by Gasteiger charge is -2.15. The van der Waals surface area contributed by atoms with Gasteiger partial charge in [0.2, 0.25) is 5.91 Å². The van der Waals surface area contributed by atoms with Crippen LogP contribution in [0.15, 0.2) is 0 Å². The van der Waals surface area contributed by atoms with Crippen molar-refractivity contribution in [3.8, 4) is 0 Å². The van der Waals surface area contributed by atoms with Gasteiger partial charge >= 0.3 is 0 Å². The van der Waals surface area contributed by atoms with E-state index < -0.39 is 0 Å². The number of nitrogens with one attached hydrogen (secondary N) is 1. The molecule has 60 valence electrons. The number of amides is 1. The summed E-state index contributed by atoms with van der Waals surface area (Å²) in [5.41, 5.74) is 0. The molecule has 0 heterocycles. The second kappa shape index (κ2) is 4.13. The maximum absolute atomic E-state index is 10.4. The van der Waals surface area contributed by atoms with E-state index in [1.54, 1.807) is 10.8 Å². The van der Waals surface area contributed by atoms with E-state index in [0.717, 1.165) is 0 Å². The van der Waals surface area contributed by atoms with Gasteiger partial charge in [0.25, 0.3) is 0 Å². The number of carbonyl (C=O) groups excluding carboxylic acids is 1. The molecule has 0 atom stereocenters. The average Bonchev–Trinajstić information content (AvgIpc) is 1.59. The van der Waals surface area contributed by atoms with E-state index >= 15 is 0 Å². The molecule has 1 amide bonds. The summed E-state index contributed by atoms with van der Waals surface area (Å²) in [7, 11) is 3.03. The molecule has 0 spiro atoms. The fourth-order valence-corrected chi connectivity index (χ4v) is 1.84. The Balaban J connectivity index is 3.29. The highest BCUT2D eigenvalue weighted by atomic mass is 33.1. The third kappa shape index (κ3) is 8.17. The maximum atomic E-state index is 10.4. The Labute approximate surface area is 70.1 Å². The molecule has 4 heteroatoms. The first-order valence-corrected chi connectivity index (χ1v) is 5.18. The van der Waals surface area contributed by atoms with Crippen molar-refractivity contribution >= 4 is 27.7 Å². The van der Waals surface area contributed by atoms with Crippen LogP contribution in [0.1, 0.15) is 27.7 Å². The van der Waals surface area contributed by atoms with Gasteiger partial charge in [0.15, 0.2) is 0 Å². The molecule has 0 bridgehead atoms. The molecule has 0 aliphatic heterocycles. The van der Waals surface area contributed by atoms with Gasteiger partial charge in [0.05, 0.1) is 0 Å². The first-order valence-electron chi connectivity index (χ1n) is 3.03. The molecule has 1 N–H and O–H groups in total. The van der Waals surface area contributed by atoms with E-state index in [0.29, 0.717) is 0 Å². The fraction of sp³-hybridized carbons (Fsp3) is 0.833. The molecule has 0 aromatic heterocycles. The second-order valence-electron chi connectivity index (χ2n) is 2.94. The molecule has 0 saturated heterocycles. The Hall–Kier alpha value is 0.170. The van der Waals surface area contributed by atoms with Crippen LogP contribution in [-0.2, 0) is 4.79 Å². The van der Waals surface area contributed by atoms with Crippen LogP contribution in [0, 0.1) is 0 Å². The first-order chi connectivity index (χ1) is 4.42. The maximum Gasteiger partial charge on any atom is 0.227 e. The molecule has 10 heavy (non-hydrogen) atoms. The molecule has 0 aromatic rings. The summed E-state index contributed by atoms with van der Waals surface area (Å²) < 4.78 is 2.84. The fourth-order valence-electron chi connectivity index (χ4n) is 0.205. The van der Waals surface area contributed by atoms with Crippen molar-refractivity contribution in [2.24, 2.45) is 0 Å². The largest absolute Gasteiger partial charge is 0.291 e. The minimum absolute atomic E-state index is 0.00162. The summed E-state index contributed by atoms with van der Waals surface area (Å²) in [5, 5.41) is 0. The summed E-state index contributed by atoms with van der Waals surface area (Å²) in [6.07, 6.45) is 0. The summed E-state index contributed by atoms with van der Waals surface area (Å²) in [6, 6.07) is 0. The summed E-state index contributed by atoms with van der Waals surface area (Å²) >= 11 is 0. The topological polar surface area (TPSA) is 29.1 Å². The van der Waals surface area contributed by atoms with Gasteiger partial charge in [-0.3, -0.25) is 9.52 Å². The lowest BCUT2D eigenvalue weighted by Crippen LogP contribution is -2.12. The van der Waals surface area contributed by atoms with Crippen molar-refractivity contribution < 1.29 is 4.79 Å². The molecular formula is C6H13NOS2. The zero-order chi connectivity index (χ0) is 8.20. The summed E-state index contributed by atoms with van der Waals surface area (Å²) in [6.45, 7) is 7.82. The molecule has 0 aromatic carbocycles. The van der Waals surface area contributed by atoms with Gasteiger partial charge in [-0.1, -0.05) is 31.6 Å². The molecule has 0 rings (SSSR count). The number of rotatable bonds is 2. The molecule has 0 aliphatic rings. The zero-order valence-corrected chi connectivity index (χ0v) is 8.36. The highest BCUT2D eigenvalue weighted by Gasteiger charge is 2.10.